The summed E-state index contributed by atoms with van der Waals surface area (Å²) in [5, 5.41) is 0. The fraction of sp³-hybridized carbons (Fsp3) is 1.00. The van der Waals surface area contributed by atoms with Gasteiger partial charge in [0.25, 0.3) is 0 Å². The van der Waals surface area contributed by atoms with Crippen molar-refractivity contribution in [2.75, 3.05) is 0 Å². The molecule has 7 heavy (non-hydrogen) atoms. The van der Waals surface area contributed by atoms with Crippen LogP contribution in [0.15, 0.2) is 0 Å². The molecule has 0 nitrogen and oxygen atoms in total. The van der Waals surface area contributed by atoms with E-state index in [1.807, 2.05) is 0 Å². The van der Waals surface area contributed by atoms with Gasteiger partial charge in [-0.25, -0.2) is 0 Å². The predicted molar refractivity (Wildman–Crippen MR) is 37.8 cm³/mol. The maximum atomic E-state index is 2.27. The van der Waals surface area contributed by atoms with Crippen LogP contribution in [0.3, 0.4) is 0 Å². The number of halogens is 2. The summed E-state index contributed by atoms with van der Waals surface area (Å²) in [4.78, 5) is 0. The van der Waals surface area contributed by atoms with Crippen LogP contribution in [0.1, 0.15) is 0 Å². The van der Waals surface area contributed by atoms with Gasteiger partial charge in [-0.1, -0.05) is 19.6 Å². The van der Waals surface area contributed by atoms with Crippen molar-refractivity contribution in [2.45, 2.75) is 19.6 Å². The van der Waals surface area contributed by atoms with Gasteiger partial charge in [0, 0.05) is 34.6 Å². The van der Waals surface area contributed by atoms with E-state index in [9.17, 15) is 0 Å². The summed E-state index contributed by atoms with van der Waals surface area (Å²) in [6.07, 6.45) is 0. The molecular weight excluding hydrogens is 314 g/mol. The van der Waals surface area contributed by atoms with Crippen molar-refractivity contribution in [3.8, 4) is 0 Å². The second-order valence-corrected chi connectivity index (χ2v) is 4.50. The zero-order chi connectivity index (χ0) is 3.58. The molecule has 0 aromatic heterocycles. The standard InChI is InChI=1S/C3H9Si.2ClH.Hf/c1-4(2)3;;;/h1-3H3;2*1H;. The first kappa shape index (κ1) is 23.4. The largest absolute Gasteiger partial charge is 0.147 e. The molecule has 0 saturated carbocycles. The quantitative estimate of drug-likeness (QED) is 0.599. The second kappa shape index (κ2) is 15.6. The Morgan fingerprint density at radius 2 is 0.857 bits per heavy atom. The van der Waals surface area contributed by atoms with Gasteiger partial charge in [0.05, 0.1) is 0 Å². The van der Waals surface area contributed by atoms with Gasteiger partial charge in [0.1, 0.15) is 0 Å². The fourth-order valence-corrected chi connectivity index (χ4v) is 0. The third-order valence-corrected chi connectivity index (χ3v) is 0. The smallest absolute Gasteiger partial charge is 0.0379 e. The summed E-state index contributed by atoms with van der Waals surface area (Å²) >= 11 is 0. The molecular formula is C3H11Cl2HfSi. The SMILES string of the molecule is C[Si](C)C.Cl.Cl.[Hf]. The molecule has 0 aliphatic heterocycles. The number of rotatable bonds is 0. The average molecular weight is 325 g/mol. The van der Waals surface area contributed by atoms with Crippen LogP contribution in [0.4, 0.5) is 0 Å². The van der Waals surface area contributed by atoms with Gasteiger partial charge in [-0.15, -0.1) is 24.8 Å². The van der Waals surface area contributed by atoms with Crippen LogP contribution in [0.25, 0.3) is 0 Å². The predicted octanol–water partition coefficient (Wildman–Crippen LogP) is 2.21. The van der Waals surface area contributed by atoms with Crippen molar-refractivity contribution >= 4 is 33.6 Å². The van der Waals surface area contributed by atoms with E-state index in [1.165, 1.54) is 0 Å². The van der Waals surface area contributed by atoms with Gasteiger partial charge in [-0.05, 0) is 0 Å². The molecule has 0 spiro atoms. The van der Waals surface area contributed by atoms with Crippen molar-refractivity contribution in [2.24, 2.45) is 0 Å². The number of hydrogen-bond acceptors (Lipinski definition) is 0. The molecule has 0 fully saturated rings. The van der Waals surface area contributed by atoms with E-state index < -0.39 is 0 Å². The van der Waals surface area contributed by atoms with Crippen LogP contribution in [0.2, 0.25) is 19.6 Å². The molecule has 4 heteroatoms. The van der Waals surface area contributed by atoms with Crippen LogP contribution >= 0.6 is 24.8 Å². The van der Waals surface area contributed by atoms with Crippen LogP contribution < -0.4 is 0 Å². The minimum Gasteiger partial charge on any atom is -0.147 e. The first-order chi connectivity index (χ1) is 1.73. The molecule has 0 amide bonds. The minimum absolute atomic E-state index is 0. The Bertz CT molecular complexity index is 17.7. The van der Waals surface area contributed by atoms with E-state index in [0.717, 1.165) is 0 Å². The van der Waals surface area contributed by atoms with Crippen molar-refractivity contribution < 1.29 is 25.8 Å². The maximum absolute atomic E-state index is 2.27. The zero-order valence-corrected chi connectivity index (χ0v) is 11.0. The third kappa shape index (κ3) is 88.6. The Kier molecular flexibility index (Phi) is 52.3. The van der Waals surface area contributed by atoms with Crippen LogP contribution in [0.5, 0.6) is 0 Å². The van der Waals surface area contributed by atoms with E-state index in [0.29, 0.717) is 0 Å². The summed E-state index contributed by atoms with van der Waals surface area (Å²) < 4.78 is 0. The summed E-state index contributed by atoms with van der Waals surface area (Å²) in [5.74, 6) is 0. The second-order valence-electron chi connectivity index (χ2n) is 1.50. The summed E-state index contributed by atoms with van der Waals surface area (Å²) in [7, 11) is 0.120. The zero-order valence-electron chi connectivity index (χ0n) is 4.82. The van der Waals surface area contributed by atoms with Crippen molar-refractivity contribution in [3.05, 3.63) is 0 Å². The molecule has 0 unspecified atom stereocenters. The molecule has 0 aromatic rings. The van der Waals surface area contributed by atoms with Gasteiger partial charge < -0.3 is 0 Å². The van der Waals surface area contributed by atoms with E-state index >= 15 is 0 Å². The van der Waals surface area contributed by atoms with Crippen molar-refractivity contribution in [1.82, 2.24) is 0 Å². The Hall–Kier alpha value is 1.67. The molecule has 0 aliphatic rings. The Labute approximate surface area is 78.7 Å². The first-order valence-corrected chi connectivity index (χ1v) is 4.50. The molecule has 0 aliphatic carbocycles. The number of hydrogen-bond donors (Lipinski definition) is 0. The van der Waals surface area contributed by atoms with E-state index in [-0.39, 0.29) is 59.5 Å². The molecule has 0 atom stereocenters. The molecule has 0 heterocycles. The topological polar surface area (TPSA) is 0 Å². The molecule has 45 valence electrons. The van der Waals surface area contributed by atoms with Crippen LogP contribution in [-0.4, -0.2) is 8.80 Å². The molecule has 0 bridgehead atoms. The first-order valence-electron chi connectivity index (χ1n) is 1.50. The van der Waals surface area contributed by atoms with Gasteiger partial charge in [0.15, 0.2) is 0 Å². The van der Waals surface area contributed by atoms with E-state index in [1.54, 1.807) is 0 Å². The molecule has 0 aromatic carbocycles. The van der Waals surface area contributed by atoms with Gasteiger partial charge in [-0.3, -0.25) is 0 Å². The van der Waals surface area contributed by atoms with E-state index in [4.69, 9.17) is 0 Å². The Morgan fingerprint density at radius 1 is 0.857 bits per heavy atom. The Morgan fingerprint density at radius 3 is 0.857 bits per heavy atom. The van der Waals surface area contributed by atoms with E-state index in [2.05, 4.69) is 19.6 Å². The summed E-state index contributed by atoms with van der Waals surface area (Å²) in [6, 6.07) is 0. The van der Waals surface area contributed by atoms with Crippen molar-refractivity contribution in [1.29, 1.82) is 0 Å². The van der Waals surface area contributed by atoms with Crippen LogP contribution in [0, 0.1) is 0 Å². The third-order valence-electron chi connectivity index (χ3n) is 0. The summed E-state index contributed by atoms with van der Waals surface area (Å²) in [6.45, 7) is 6.81. The fourth-order valence-electron chi connectivity index (χ4n) is 0. The molecule has 1 radical (unpaired) electrons. The average Bonchev–Trinajstić information content (AvgIpc) is 0.811. The Balaban J connectivity index is -0.0000000150. The molecule has 0 N–H and O–H groups in total. The van der Waals surface area contributed by atoms with Gasteiger partial charge >= 0.3 is 0 Å². The maximum Gasteiger partial charge on any atom is 0.0379 e. The van der Waals surface area contributed by atoms with Crippen LogP contribution in [-0.2, 0) is 25.8 Å². The molecule has 0 saturated heterocycles. The van der Waals surface area contributed by atoms with Crippen molar-refractivity contribution in [3.63, 3.8) is 0 Å². The molecule has 0 rings (SSSR count). The minimum atomic E-state index is 0. The van der Waals surface area contributed by atoms with Gasteiger partial charge in [-0.2, -0.15) is 0 Å². The monoisotopic (exact) mass is 325 g/mol. The normalized spacial score (nSPS) is 5.14. The summed E-state index contributed by atoms with van der Waals surface area (Å²) in [5.41, 5.74) is 0. The van der Waals surface area contributed by atoms with Gasteiger partial charge in [0.2, 0.25) is 0 Å².